The number of fused-ring (bicyclic) bond motifs is 1. The summed E-state index contributed by atoms with van der Waals surface area (Å²) in [6.45, 7) is 1.21. The first-order valence-electron chi connectivity index (χ1n) is 8.36. The van der Waals surface area contributed by atoms with Gasteiger partial charge < -0.3 is 4.52 Å². The van der Waals surface area contributed by atoms with Crippen molar-refractivity contribution in [2.24, 2.45) is 0 Å². The Morgan fingerprint density at radius 2 is 1.62 bits per heavy atom. The van der Waals surface area contributed by atoms with Crippen LogP contribution < -0.4 is 4.52 Å². The summed E-state index contributed by atoms with van der Waals surface area (Å²) in [5.41, 5.74) is 2.65. The number of para-hydroxylation sites is 1. The SMILES string of the molecule is CCC(C)OP(=S)(Oc1ccccc1)OC1Cc2ccccc2C1. The first-order valence-corrected chi connectivity index (χ1v) is 10.9. The van der Waals surface area contributed by atoms with Crippen LogP contribution in [-0.2, 0) is 33.7 Å². The van der Waals surface area contributed by atoms with Crippen LogP contribution in [-0.4, -0.2) is 12.2 Å². The van der Waals surface area contributed by atoms with E-state index in [9.17, 15) is 0 Å². The highest BCUT2D eigenvalue weighted by atomic mass is 32.5. The summed E-state index contributed by atoms with van der Waals surface area (Å²) in [5, 5.41) is 0. The second-order valence-corrected chi connectivity index (χ2v) is 8.92. The Morgan fingerprint density at radius 3 is 2.21 bits per heavy atom. The third kappa shape index (κ3) is 4.46. The van der Waals surface area contributed by atoms with E-state index in [0.717, 1.165) is 19.3 Å². The lowest BCUT2D eigenvalue weighted by Gasteiger charge is -2.27. The normalized spacial score (nSPS) is 17.9. The molecule has 0 saturated carbocycles. The van der Waals surface area contributed by atoms with Crippen molar-refractivity contribution in [2.75, 3.05) is 0 Å². The van der Waals surface area contributed by atoms with Crippen molar-refractivity contribution in [3.63, 3.8) is 0 Å². The van der Waals surface area contributed by atoms with Gasteiger partial charge in [-0.1, -0.05) is 49.4 Å². The molecule has 2 aromatic rings. The molecule has 1 aliphatic carbocycles. The van der Waals surface area contributed by atoms with Crippen LogP contribution in [0.3, 0.4) is 0 Å². The maximum atomic E-state index is 6.24. The zero-order chi connectivity index (χ0) is 17.0. The van der Waals surface area contributed by atoms with Gasteiger partial charge in [-0.2, -0.15) is 0 Å². The molecule has 2 atom stereocenters. The molecule has 24 heavy (non-hydrogen) atoms. The molecule has 0 aromatic heterocycles. The molecular weight excluding hydrogens is 339 g/mol. The molecular formula is C19H23O3PS. The van der Waals surface area contributed by atoms with E-state index in [2.05, 4.69) is 31.2 Å². The molecule has 1 aliphatic rings. The minimum absolute atomic E-state index is 0.00308. The van der Waals surface area contributed by atoms with E-state index in [4.69, 9.17) is 25.4 Å². The number of rotatable bonds is 7. The van der Waals surface area contributed by atoms with Gasteiger partial charge in [0.2, 0.25) is 0 Å². The molecule has 128 valence electrons. The average Bonchev–Trinajstić information content (AvgIpc) is 2.97. The minimum atomic E-state index is -2.86. The van der Waals surface area contributed by atoms with Gasteiger partial charge in [0.15, 0.2) is 0 Å². The predicted molar refractivity (Wildman–Crippen MR) is 101 cm³/mol. The van der Waals surface area contributed by atoms with Crippen LogP contribution in [0.5, 0.6) is 5.75 Å². The van der Waals surface area contributed by atoms with Crippen LogP contribution in [0.25, 0.3) is 0 Å². The third-order valence-corrected chi connectivity index (χ3v) is 6.48. The van der Waals surface area contributed by atoms with Gasteiger partial charge in [-0.25, -0.2) is 0 Å². The van der Waals surface area contributed by atoms with Gasteiger partial charge in [-0.15, -0.1) is 0 Å². The van der Waals surface area contributed by atoms with E-state index >= 15 is 0 Å². The maximum Gasteiger partial charge on any atom is 0.381 e. The van der Waals surface area contributed by atoms with E-state index in [-0.39, 0.29) is 12.2 Å². The zero-order valence-electron chi connectivity index (χ0n) is 14.1. The van der Waals surface area contributed by atoms with E-state index in [0.29, 0.717) is 5.75 Å². The highest BCUT2D eigenvalue weighted by Crippen LogP contribution is 2.53. The summed E-state index contributed by atoms with van der Waals surface area (Å²) in [6.07, 6.45) is 2.60. The van der Waals surface area contributed by atoms with Crippen LogP contribution in [0.15, 0.2) is 54.6 Å². The number of hydrogen-bond donors (Lipinski definition) is 0. The highest BCUT2D eigenvalue weighted by Gasteiger charge is 2.32. The average molecular weight is 362 g/mol. The summed E-state index contributed by atoms with van der Waals surface area (Å²) in [5.74, 6) is 0.694. The van der Waals surface area contributed by atoms with Crippen molar-refractivity contribution in [1.29, 1.82) is 0 Å². The Morgan fingerprint density at radius 1 is 1.04 bits per heavy atom. The number of hydrogen-bond acceptors (Lipinski definition) is 4. The maximum absolute atomic E-state index is 6.24. The van der Waals surface area contributed by atoms with Crippen LogP contribution in [0.2, 0.25) is 0 Å². The van der Waals surface area contributed by atoms with Crippen molar-refractivity contribution in [2.45, 2.75) is 45.3 Å². The summed E-state index contributed by atoms with van der Waals surface area (Å²) in [4.78, 5) is 0. The van der Waals surface area contributed by atoms with E-state index in [1.165, 1.54) is 11.1 Å². The third-order valence-electron chi connectivity index (χ3n) is 4.14. The Balaban J connectivity index is 1.74. The molecule has 0 heterocycles. The Hall–Kier alpha value is -1.19. The van der Waals surface area contributed by atoms with Crippen molar-refractivity contribution >= 4 is 18.5 Å². The van der Waals surface area contributed by atoms with Crippen LogP contribution in [0, 0.1) is 0 Å². The van der Waals surface area contributed by atoms with Crippen LogP contribution >= 0.6 is 6.72 Å². The first kappa shape index (κ1) is 17.6. The Labute approximate surface area is 149 Å². The smallest absolute Gasteiger partial charge is 0.381 e. The first-order chi connectivity index (χ1) is 11.6. The van der Waals surface area contributed by atoms with Gasteiger partial charge in [0.25, 0.3) is 0 Å². The van der Waals surface area contributed by atoms with E-state index in [1.54, 1.807) is 0 Å². The molecule has 0 saturated heterocycles. The van der Waals surface area contributed by atoms with Crippen molar-refractivity contribution in [1.82, 2.24) is 0 Å². The fraction of sp³-hybridized carbons (Fsp3) is 0.368. The highest BCUT2D eigenvalue weighted by molar-refractivity contribution is 8.07. The van der Waals surface area contributed by atoms with E-state index in [1.807, 2.05) is 37.3 Å². The fourth-order valence-corrected chi connectivity index (χ4v) is 5.43. The lowest BCUT2D eigenvalue weighted by Crippen LogP contribution is -2.17. The lowest BCUT2D eigenvalue weighted by atomic mass is 10.1. The molecule has 2 aromatic carbocycles. The van der Waals surface area contributed by atoms with Gasteiger partial charge >= 0.3 is 6.72 Å². The molecule has 0 aliphatic heterocycles. The molecule has 3 rings (SSSR count). The predicted octanol–water partition coefficient (Wildman–Crippen LogP) is 5.29. The van der Waals surface area contributed by atoms with E-state index < -0.39 is 6.72 Å². The monoisotopic (exact) mass is 362 g/mol. The quantitative estimate of drug-likeness (QED) is 0.626. The summed E-state index contributed by atoms with van der Waals surface area (Å²) in [6, 6.07) is 18.0. The Kier molecular flexibility index (Phi) is 5.72. The molecule has 3 nitrogen and oxygen atoms in total. The van der Waals surface area contributed by atoms with Crippen LogP contribution in [0.1, 0.15) is 31.4 Å². The zero-order valence-corrected chi connectivity index (χ0v) is 15.8. The number of benzene rings is 2. The molecule has 5 heteroatoms. The molecule has 0 bridgehead atoms. The molecule has 0 amide bonds. The van der Waals surface area contributed by atoms with Gasteiger partial charge in [-0.05, 0) is 49.4 Å². The molecule has 0 fully saturated rings. The second kappa shape index (κ2) is 7.79. The summed E-state index contributed by atoms with van der Waals surface area (Å²) in [7, 11) is 0. The van der Waals surface area contributed by atoms with Gasteiger partial charge in [0, 0.05) is 11.8 Å². The van der Waals surface area contributed by atoms with Gasteiger partial charge in [0.05, 0.1) is 12.2 Å². The van der Waals surface area contributed by atoms with Gasteiger partial charge in [0.1, 0.15) is 5.75 Å². The molecule has 2 unspecified atom stereocenters. The fourth-order valence-electron chi connectivity index (χ4n) is 2.75. The van der Waals surface area contributed by atoms with Crippen molar-refractivity contribution in [3.05, 3.63) is 65.7 Å². The standard InChI is InChI=1S/C19H23O3PS/c1-3-15(2)20-23(24,21-18-11-5-4-6-12-18)22-19-13-16-9-7-8-10-17(16)14-19/h4-12,15,19H,3,13-14H2,1-2H3. The summed E-state index contributed by atoms with van der Waals surface area (Å²) < 4.78 is 18.3. The minimum Gasteiger partial charge on any atom is -0.424 e. The second-order valence-electron chi connectivity index (χ2n) is 6.08. The molecule has 0 N–H and O–H groups in total. The van der Waals surface area contributed by atoms with Crippen molar-refractivity contribution < 1.29 is 13.6 Å². The summed E-state index contributed by atoms with van der Waals surface area (Å²) >= 11 is 5.72. The molecule has 0 radical (unpaired) electrons. The topological polar surface area (TPSA) is 27.7 Å². The lowest BCUT2D eigenvalue weighted by molar-refractivity contribution is 0.120. The van der Waals surface area contributed by atoms with Crippen LogP contribution in [0.4, 0.5) is 0 Å². The molecule has 0 spiro atoms. The van der Waals surface area contributed by atoms with Gasteiger partial charge in [-0.3, -0.25) is 9.05 Å². The van der Waals surface area contributed by atoms with Crippen molar-refractivity contribution in [3.8, 4) is 5.75 Å². The largest absolute Gasteiger partial charge is 0.424 e. The Bertz CT molecular complexity index is 695.